The van der Waals surface area contributed by atoms with Crippen LogP contribution in [-0.2, 0) is 0 Å². The minimum atomic E-state index is -0.452. The van der Waals surface area contributed by atoms with Gasteiger partial charge >= 0.3 is 0 Å². The molecule has 5 heteroatoms. The molecule has 0 bridgehead atoms. The fraction of sp³-hybridized carbons (Fsp3) is 0.200. The van der Waals surface area contributed by atoms with E-state index in [2.05, 4.69) is 5.10 Å². The van der Waals surface area contributed by atoms with E-state index >= 15 is 0 Å². The van der Waals surface area contributed by atoms with E-state index in [0.29, 0.717) is 11.3 Å². The molecule has 0 fully saturated rings. The Labute approximate surface area is 87.4 Å². The molecule has 0 aliphatic carbocycles. The zero-order valence-corrected chi connectivity index (χ0v) is 8.53. The molecule has 0 radical (unpaired) electrons. The number of halogens is 1. The smallest absolute Gasteiger partial charge is 0.134 e. The summed E-state index contributed by atoms with van der Waals surface area (Å²) in [7, 11) is 3.45. The van der Waals surface area contributed by atoms with Crippen LogP contribution in [0.1, 0.15) is 11.1 Å². The van der Waals surface area contributed by atoms with Crippen LogP contribution in [0.4, 0.5) is 10.1 Å². The van der Waals surface area contributed by atoms with E-state index in [1.54, 1.807) is 19.0 Å². The Morgan fingerprint density at radius 2 is 2.20 bits per heavy atom. The third-order valence-corrected chi connectivity index (χ3v) is 1.94. The summed E-state index contributed by atoms with van der Waals surface area (Å²) in [4.78, 5) is 1.65. The lowest BCUT2D eigenvalue weighted by molar-refractivity contribution is 0.625. The van der Waals surface area contributed by atoms with E-state index in [1.807, 2.05) is 6.07 Å². The van der Waals surface area contributed by atoms with E-state index in [9.17, 15) is 4.39 Å². The summed E-state index contributed by atoms with van der Waals surface area (Å²) in [5.74, 6) is 4.54. The van der Waals surface area contributed by atoms with Gasteiger partial charge in [-0.1, -0.05) is 0 Å². The Bertz CT molecular complexity index is 432. The fourth-order valence-electron chi connectivity index (χ4n) is 1.35. The van der Waals surface area contributed by atoms with Gasteiger partial charge in [-0.3, -0.25) is 0 Å². The first-order valence-electron chi connectivity index (χ1n) is 4.25. The van der Waals surface area contributed by atoms with Gasteiger partial charge in [0.05, 0.1) is 23.0 Å². The molecule has 0 aliphatic rings. The molecule has 15 heavy (non-hydrogen) atoms. The van der Waals surface area contributed by atoms with Crippen LogP contribution in [-0.4, -0.2) is 20.3 Å². The van der Waals surface area contributed by atoms with Crippen LogP contribution in [0, 0.1) is 17.1 Å². The van der Waals surface area contributed by atoms with Gasteiger partial charge in [0, 0.05) is 14.1 Å². The van der Waals surface area contributed by atoms with E-state index in [-0.39, 0.29) is 5.56 Å². The van der Waals surface area contributed by atoms with Crippen molar-refractivity contribution < 1.29 is 4.39 Å². The van der Waals surface area contributed by atoms with Crippen LogP contribution in [0.5, 0.6) is 0 Å². The number of nitrogens with zero attached hydrogens (tertiary/aromatic N) is 3. The summed E-state index contributed by atoms with van der Waals surface area (Å²) < 4.78 is 13.4. The quantitative estimate of drug-likeness (QED) is 0.447. The highest BCUT2D eigenvalue weighted by molar-refractivity contribution is 5.90. The van der Waals surface area contributed by atoms with E-state index < -0.39 is 5.82 Å². The van der Waals surface area contributed by atoms with Crippen molar-refractivity contribution in [3.05, 3.63) is 29.1 Å². The lowest BCUT2D eigenvalue weighted by Gasteiger charge is -2.17. The average Bonchev–Trinajstić information content (AvgIpc) is 2.20. The number of nitrogens with two attached hydrogens (primary N) is 1. The van der Waals surface area contributed by atoms with Crippen LogP contribution in [0.2, 0.25) is 0 Å². The van der Waals surface area contributed by atoms with E-state index in [1.165, 1.54) is 18.3 Å². The second-order valence-electron chi connectivity index (χ2n) is 3.14. The van der Waals surface area contributed by atoms with Gasteiger partial charge in [-0.05, 0) is 12.1 Å². The van der Waals surface area contributed by atoms with Crippen molar-refractivity contribution in [2.75, 3.05) is 19.0 Å². The Hall–Kier alpha value is -2.09. The summed E-state index contributed by atoms with van der Waals surface area (Å²) >= 11 is 0. The van der Waals surface area contributed by atoms with Gasteiger partial charge in [0.2, 0.25) is 0 Å². The number of anilines is 1. The zero-order chi connectivity index (χ0) is 11.4. The second-order valence-corrected chi connectivity index (χ2v) is 3.14. The molecular weight excluding hydrogens is 195 g/mol. The summed E-state index contributed by atoms with van der Waals surface area (Å²) in [6.07, 6.45) is 1.20. The molecular formula is C10H11FN4. The molecule has 1 aromatic carbocycles. The van der Waals surface area contributed by atoms with Gasteiger partial charge < -0.3 is 10.7 Å². The molecule has 0 amide bonds. The molecule has 4 nitrogen and oxygen atoms in total. The first-order chi connectivity index (χ1) is 7.11. The monoisotopic (exact) mass is 206 g/mol. The third kappa shape index (κ3) is 2.05. The number of rotatable bonds is 2. The van der Waals surface area contributed by atoms with Gasteiger partial charge in [-0.25, -0.2) is 4.39 Å². The summed E-state index contributed by atoms with van der Waals surface area (Å²) in [5, 5.41) is 12.2. The molecule has 0 aromatic heterocycles. The van der Waals surface area contributed by atoms with Crippen molar-refractivity contribution in [3.8, 4) is 6.07 Å². The molecule has 1 aromatic rings. The number of hydrogen-bond acceptors (Lipinski definition) is 4. The zero-order valence-electron chi connectivity index (χ0n) is 8.53. The van der Waals surface area contributed by atoms with Gasteiger partial charge in [-0.2, -0.15) is 10.4 Å². The highest BCUT2D eigenvalue weighted by atomic mass is 19.1. The minimum Gasteiger partial charge on any atom is -0.376 e. The third-order valence-electron chi connectivity index (χ3n) is 1.94. The lowest BCUT2D eigenvalue weighted by Crippen LogP contribution is -2.14. The number of nitriles is 1. The molecule has 1 rings (SSSR count). The Kier molecular flexibility index (Phi) is 3.24. The molecule has 2 N–H and O–H groups in total. The largest absolute Gasteiger partial charge is 0.376 e. The average molecular weight is 206 g/mol. The molecule has 0 unspecified atom stereocenters. The summed E-state index contributed by atoms with van der Waals surface area (Å²) in [5.41, 5.74) is 1.09. The van der Waals surface area contributed by atoms with Crippen LogP contribution in [0.25, 0.3) is 0 Å². The summed E-state index contributed by atoms with van der Waals surface area (Å²) in [6.45, 7) is 0. The molecule has 0 atom stereocenters. The number of hydrogen-bond donors (Lipinski definition) is 1. The normalized spacial score (nSPS) is 10.3. The highest BCUT2D eigenvalue weighted by Gasteiger charge is 2.13. The Balaban J connectivity index is 3.52. The fourth-order valence-corrected chi connectivity index (χ4v) is 1.35. The predicted molar refractivity (Wildman–Crippen MR) is 57.2 cm³/mol. The summed E-state index contributed by atoms with van der Waals surface area (Å²) in [6, 6.07) is 4.65. The molecule has 78 valence electrons. The highest BCUT2D eigenvalue weighted by Crippen LogP contribution is 2.24. The van der Waals surface area contributed by atoms with Crippen LogP contribution in [0.3, 0.4) is 0 Å². The van der Waals surface area contributed by atoms with Crippen molar-refractivity contribution in [1.82, 2.24) is 0 Å². The predicted octanol–water partition coefficient (Wildman–Crippen LogP) is 1.06. The maximum atomic E-state index is 13.4. The Morgan fingerprint density at radius 1 is 1.53 bits per heavy atom. The van der Waals surface area contributed by atoms with Gasteiger partial charge in [0.25, 0.3) is 0 Å². The van der Waals surface area contributed by atoms with Crippen molar-refractivity contribution in [1.29, 1.82) is 5.26 Å². The molecule has 0 saturated carbocycles. The van der Waals surface area contributed by atoms with Crippen LogP contribution in [0.15, 0.2) is 17.2 Å². The van der Waals surface area contributed by atoms with Gasteiger partial charge in [0.1, 0.15) is 11.9 Å². The minimum absolute atomic E-state index is 0.224. The first-order valence-corrected chi connectivity index (χ1v) is 4.25. The van der Waals surface area contributed by atoms with Crippen LogP contribution < -0.4 is 10.7 Å². The molecule has 0 saturated heterocycles. The maximum Gasteiger partial charge on any atom is 0.134 e. The topological polar surface area (TPSA) is 65.4 Å². The van der Waals surface area contributed by atoms with E-state index in [0.717, 1.165) is 0 Å². The molecule has 0 spiro atoms. The maximum absolute atomic E-state index is 13.4. The molecule has 0 aliphatic heterocycles. The SMILES string of the molecule is CN(C)c1c(C#N)ccc(F)c1C=NN. The van der Waals surface area contributed by atoms with Gasteiger partial charge in [0.15, 0.2) is 0 Å². The standard InChI is InChI=1S/C10H11FN4/c1-15(2)10-7(5-12)3-4-9(11)8(10)6-14-13/h3-4,6H,13H2,1-2H3. The lowest BCUT2D eigenvalue weighted by atomic mass is 10.1. The van der Waals surface area contributed by atoms with E-state index in [4.69, 9.17) is 11.1 Å². The molecule has 0 heterocycles. The Morgan fingerprint density at radius 3 is 2.67 bits per heavy atom. The van der Waals surface area contributed by atoms with Crippen molar-refractivity contribution in [2.24, 2.45) is 10.9 Å². The van der Waals surface area contributed by atoms with Crippen molar-refractivity contribution in [3.63, 3.8) is 0 Å². The van der Waals surface area contributed by atoms with Gasteiger partial charge in [-0.15, -0.1) is 0 Å². The van der Waals surface area contributed by atoms with Crippen LogP contribution >= 0.6 is 0 Å². The van der Waals surface area contributed by atoms with Crippen molar-refractivity contribution >= 4 is 11.9 Å². The second kappa shape index (κ2) is 4.42. The number of benzene rings is 1. The van der Waals surface area contributed by atoms with Crippen molar-refractivity contribution in [2.45, 2.75) is 0 Å². The number of hydrazone groups is 1. The first kappa shape index (κ1) is 11.0.